The monoisotopic (exact) mass is 278 g/mol. The molecule has 2 nitrogen and oxygen atoms in total. The topological polar surface area (TPSA) is 15.3 Å². The predicted molar refractivity (Wildman–Crippen MR) is 84.9 cm³/mol. The Morgan fingerprint density at radius 2 is 1.95 bits per heavy atom. The van der Waals surface area contributed by atoms with Crippen LogP contribution in [0.3, 0.4) is 0 Å². The summed E-state index contributed by atoms with van der Waals surface area (Å²) in [6, 6.07) is 10.7. The summed E-state index contributed by atoms with van der Waals surface area (Å²) in [5.74, 6) is 2.06. The summed E-state index contributed by atoms with van der Waals surface area (Å²) in [4.78, 5) is 3.93. The number of likely N-dealkylation sites (tertiary alicyclic amines) is 1. The number of rotatable bonds is 7. The third kappa shape index (κ3) is 5.55. The normalized spacial score (nSPS) is 17.7. The maximum atomic E-state index is 3.62. The molecule has 0 amide bonds. The van der Waals surface area contributed by atoms with Gasteiger partial charge >= 0.3 is 0 Å². The molecule has 1 aliphatic heterocycles. The van der Waals surface area contributed by atoms with E-state index in [2.05, 4.69) is 47.5 Å². The van der Waals surface area contributed by atoms with Gasteiger partial charge in [0.1, 0.15) is 0 Å². The minimum atomic E-state index is 0.893. The first-order valence-corrected chi connectivity index (χ1v) is 8.48. The van der Waals surface area contributed by atoms with E-state index >= 15 is 0 Å². The van der Waals surface area contributed by atoms with Crippen molar-refractivity contribution >= 4 is 11.8 Å². The van der Waals surface area contributed by atoms with E-state index in [1.54, 1.807) is 0 Å². The zero-order valence-corrected chi connectivity index (χ0v) is 12.8. The molecule has 0 atom stereocenters. The van der Waals surface area contributed by atoms with E-state index in [-0.39, 0.29) is 0 Å². The number of hydrogen-bond acceptors (Lipinski definition) is 3. The highest BCUT2D eigenvalue weighted by atomic mass is 32.2. The highest BCUT2D eigenvalue weighted by molar-refractivity contribution is 7.99. The van der Waals surface area contributed by atoms with E-state index < -0.39 is 0 Å². The molecule has 1 aliphatic rings. The van der Waals surface area contributed by atoms with Crippen LogP contribution < -0.4 is 5.32 Å². The van der Waals surface area contributed by atoms with Crippen LogP contribution >= 0.6 is 11.8 Å². The number of thioether (sulfide) groups is 1. The largest absolute Gasteiger partial charge is 0.316 e. The SMILES string of the molecule is CCN1CCC(CNCCSc2ccccc2)CC1. The quantitative estimate of drug-likeness (QED) is 0.609. The van der Waals surface area contributed by atoms with E-state index in [1.165, 1.54) is 43.9 Å². The summed E-state index contributed by atoms with van der Waals surface area (Å²) >= 11 is 1.94. The molecule has 0 radical (unpaired) electrons. The Morgan fingerprint density at radius 3 is 2.63 bits per heavy atom. The molecule has 0 aliphatic carbocycles. The van der Waals surface area contributed by atoms with Gasteiger partial charge in [-0.25, -0.2) is 0 Å². The van der Waals surface area contributed by atoms with Gasteiger partial charge in [-0.15, -0.1) is 11.8 Å². The molecule has 0 bridgehead atoms. The van der Waals surface area contributed by atoms with Crippen LogP contribution in [-0.4, -0.2) is 43.4 Å². The minimum Gasteiger partial charge on any atom is -0.316 e. The second-order valence-corrected chi connectivity index (χ2v) is 6.41. The highest BCUT2D eigenvalue weighted by Crippen LogP contribution is 2.17. The second kappa shape index (κ2) is 8.62. The van der Waals surface area contributed by atoms with Gasteiger partial charge in [-0.05, 0) is 57.1 Å². The van der Waals surface area contributed by atoms with Gasteiger partial charge in [-0.1, -0.05) is 25.1 Å². The minimum absolute atomic E-state index is 0.893. The van der Waals surface area contributed by atoms with E-state index in [0.717, 1.165) is 18.2 Å². The third-order valence-electron chi connectivity index (χ3n) is 3.88. The van der Waals surface area contributed by atoms with Crippen molar-refractivity contribution in [3.63, 3.8) is 0 Å². The smallest absolute Gasteiger partial charge is 0.0106 e. The van der Waals surface area contributed by atoms with Gasteiger partial charge in [0.15, 0.2) is 0 Å². The molecule has 0 unspecified atom stereocenters. The van der Waals surface area contributed by atoms with E-state index in [4.69, 9.17) is 0 Å². The molecule has 1 N–H and O–H groups in total. The Kier molecular flexibility index (Phi) is 6.75. The fourth-order valence-electron chi connectivity index (χ4n) is 2.57. The maximum Gasteiger partial charge on any atom is 0.0106 e. The van der Waals surface area contributed by atoms with E-state index in [0.29, 0.717) is 0 Å². The predicted octanol–water partition coefficient (Wildman–Crippen LogP) is 3.10. The molecule has 0 aromatic heterocycles. The first-order chi connectivity index (χ1) is 9.38. The molecule has 1 saturated heterocycles. The van der Waals surface area contributed by atoms with Crippen molar-refractivity contribution in [1.29, 1.82) is 0 Å². The van der Waals surface area contributed by atoms with Crippen molar-refractivity contribution in [2.45, 2.75) is 24.7 Å². The number of hydrogen-bond donors (Lipinski definition) is 1. The summed E-state index contributed by atoms with van der Waals surface area (Å²) in [7, 11) is 0. The third-order valence-corrected chi connectivity index (χ3v) is 4.89. The van der Waals surface area contributed by atoms with Crippen LogP contribution in [0.15, 0.2) is 35.2 Å². The molecule has 0 saturated carbocycles. The molecular formula is C16H26N2S. The Bertz CT molecular complexity index is 334. The van der Waals surface area contributed by atoms with Gasteiger partial charge in [0.25, 0.3) is 0 Å². The first kappa shape index (κ1) is 14.9. The lowest BCUT2D eigenvalue weighted by atomic mass is 9.97. The first-order valence-electron chi connectivity index (χ1n) is 7.49. The zero-order chi connectivity index (χ0) is 13.3. The molecule has 1 fully saturated rings. The summed E-state index contributed by atoms with van der Waals surface area (Å²) in [6.45, 7) is 8.39. The Hall–Kier alpha value is -0.510. The number of benzene rings is 1. The van der Waals surface area contributed by atoms with Crippen LogP contribution in [0.2, 0.25) is 0 Å². The molecule has 0 spiro atoms. The maximum absolute atomic E-state index is 3.62. The van der Waals surface area contributed by atoms with Gasteiger partial charge < -0.3 is 10.2 Å². The Morgan fingerprint density at radius 1 is 1.21 bits per heavy atom. The standard InChI is InChI=1S/C16H26N2S/c1-2-18-11-8-15(9-12-18)14-17-10-13-19-16-6-4-3-5-7-16/h3-7,15,17H,2,8-14H2,1H3. The molecule has 1 heterocycles. The molecule has 1 aromatic carbocycles. The van der Waals surface area contributed by atoms with Gasteiger partial charge in [-0.3, -0.25) is 0 Å². The van der Waals surface area contributed by atoms with Crippen molar-refractivity contribution in [3.8, 4) is 0 Å². The van der Waals surface area contributed by atoms with E-state index in [9.17, 15) is 0 Å². The lowest BCUT2D eigenvalue weighted by Gasteiger charge is -2.31. The summed E-state index contributed by atoms with van der Waals surface area (Å²) < 4.78 is 0. The van der Waals surface area contributed by atoms with E-state index in [1.807, 2.05) is 11.8 Å². The Balaban J connectivity index is 1.51. The molecule has 106 valence electrons. The van der Waals surface area contributed by atoms with Gasteiger partial charge in [0, 0.05) is 17.2 Å². The van der Waals surface area contributed by atoms with Crippen molar-refractivity contribution < 1.29 is 0 Å². The average Bonchev–Trinajstić information content (AvgIpc) is 2.49. The molecule has 19 heavy (non-hydrogen) atoms. The van der Waals surface area contributed by atoms with Crippen LogP contribution in [0.5, 0.6) is 0 Å². The number of nitrogens with zero attached hydrogens (tertiary/aromatic N) is 1. The number of piperidine rings is 1. The summed E-state index contributed by atoms with van der Waals surface area (Å²) in [6.07, 6.45) is 2.74. The van der Waals surface area contributed by atoms with Gasteiger partial charge in [0.05, 0.1) is 0 Å². The lowest BCUT2D eigenvalue weighted by Crippen LogP contribution is -2.37. The van der Waals surface area contributed by atoms with Crippen LogP contribution in [0.4, 0.5) is 0 Å². The molecule has 2 rings (SSSR count). The van der Waals surface area contributed by atoms with Crippen molar-refractivity contribution in [3.05, 3.63) is 30.3 Å². The fourth-order valence-corrected chi connectivity index (χ4v) is 3.40. The number of nitrogens with one attached hydrogen (secondary N) is 1. The van der Waals surface area contributed by atoms with Crippen LogP contribution in [0, 0.1) is 5.92 Å². The second-order valence-electron chi connectivity index (χ2n) is 5.24. The summed E-state index contributed by atoms with van der Waals surface area (Å²) in [5.41, 5.74) is 0. The zero-order valence-electron chi connectivity index (χ0n) is 12.0. The van der Waals surface area contributed by atoms with Crippen molar-refractivity contribution in [2.24, 2.45) is 5.92 Å². The summed E-state index contributed by atoms with van der Waals surface area (Å²) in [5, 5.41) is 3.62. The molecule has 1 aromatic rings. The average molecular weight is 278 g/mol. The van der Waals surface area contributed by atoms with Crippen LogP contribution in [-0.2, 0) is 0 Å². The van der Waals surface area contributed by atoms with Gasteiger partial charge in [0.2, 0.25) is 0 Å². The van der Waals surface area contributed by atoms with Crippen molar-refractivity contribution in [1.82, 2.24) is 10.2 Å². The molecule has 3 heteroatoms. The highest BCUT2D eigenvalue weighted by Gasteiger charge is 2.17. The van der Waals surface area contributed by atoms with Crippen LogP contribution in [0.25, 0.3) is 0 Å². The fraction of sp³-hybridized carbons (Fsp3) is 0.625. The Labute approximate surface area is 122 Å². The lowest BCUT2D eigenvalue weighted by molar-refractivity contribution is 0.190. The van der Waals surface area contributed by atoms with Crippen molar-refractivity contribution in [2.75, 3.05) is 38.5 Å². The molecular weight excluding hydrogens is 252 g/mol. The van der Waals surface area contributed by atoms with Crippen LogP contribution in [0.1, 0.15) is 19.8 Å². The van der Waals surface area contributed by atoms with Gasteiger partial charge in [-0.2, -0.15) is 0 Å².